The molecule has 2 rings (SSSR count). The summed E-state index contributed by atoms with van der Waals surface area (Å²) in [5.41, 5.74) is -0.105. The minimum atomic E-state index is -4.27. The van der Waals surface area contributed by atoms with E-state index in [0.717, 1.165) is 31.4 Å². The first-order chi connectivity index (χ1) is 9.29. The summed E-state index contributed by atoms with van der Waals surface area (Å²) >= 11 is 5.77. The summed E-state index contributed by atoms with van der Waals surface area (Å²) < 4.78 is 35.9. The van der Waals surface area contributed by atoms with Crippen molar-refractivity contribution < 1.29 is 17.6 Å². The van der Waals surface area contributed by atoms with Crippen molar-refractivity contribution in [3.63, 3.8) is 0 Å². The second-order valence-corrected chi connectivity index (χ2v) is 7.65. The van der Waals surface area contributed by atoms with Crippen LogP contribution in [0.2, 0.25) is 5.02 Å². The first-order valence-electron chi connectivity index (χ1n) is 6.01. The van der Waals surface area contributed by atoms with Gasteiger partial charge in [-0.3, -0.25) is 4.79 Å². The van der Waals surface area contributed by atoms with Crippen LogP contribution in [0.5, 0.6) is 0 Å². The van der Waals surface area contributed by atoms with Crippen molar-refractivity contribution in [2.75, 3.05) is 6.54 Å². The Labute approximate surface area is 125 Å². The van der Waals surface area contributed by atoms with E-state index in [9.17, 15) is 17.6 Å². The Kier molecular flexibility index (Phi) is 4.56. The van der Waals surface area contributed by atoms with Gasteiger partial charge in [0.1, 0.15) is 10.7 Å². The van der Waals surface area contributed by atoms with Gasteiger partial charge in [0.05, 0.1) is 10.6 Å². The van der Waals surface area contributed by atoms with Crippen LogP contribution in [0.3, 0.4) is 0 Å². The predicted octanol–water partition coefficient (Wildman–Crippen LogP) is 2.94. The van der Waals surface area contributed by atoms with E-state index in [1.54, 1.807) is 0 Å². The van der Waals surface area contributed by atoms with Crippen LogP contribution in [0.25, 0.3) is 0 Å². The van der Waals surface area contributed by atoms with Gasteiger partial charge in [-0.05, 0) is 30.9 Å². The number of carbonyl (C=O) groups is 1. The number of nitrogens with one attached hydrogen (secondary N) is 1. The largest absolute Gasteiger partial charge is 0.352 e. The molecule has 0 spiro atoms. The lowest BCUT2D eigenvalue weighted by atomic mass is 9.85. The molecule has 8 heteroatoms. The Balaban J connectivity index is 2.23. The predicted molar refractivity (Wildman–Crippen MR) is 74.1 cm³/mol. The monoisotopic (exact) mass is 339 g/mol. The fourth-order valence-corrected chi connectivity index (χ4v) is 3.06. The molecule has 1 aromatic rings. The third-order valence-corrected chi connectivity index (χ3v) is 4.95. The van der Waals surface area contributed by atoms with Crippen LogP contribution in [0.1, 0.15) is 29.6 Å². The zero-order chi connectivity index (χ0) is 14.9. The van der Waals surface area contributed by atoms with E-state index >= 15 is 0 Å². The second-order valence-electron chi connectivity index (χ2n) is 4.71. The fourth-order valence-electron chi connectivity index (χ4n) is 1.92. The summed E-state index contributed by atoms with van der Waals surface area (Å²) in [6.07, 6.45) is 3.25. The Morgan fingerprint density at radius 1 is 1.40 bits per heavy atom. The topological polar surface area (TPSA) is 63.2 Å². The van der Waals surface area contributed by atoms with Crippen molar-refractivity contribution in [2.45, 2.75) is 24.2 Å². The molecule has 0 saturated heterocycles. The molecule has 0 unspecified atom stereocenters. The maximum atomic E-state index is 13.5. The van der Waals surface area contributed by atoms with Crippen molar-refractivity contribution in [3.05, 3.63) is 28.5 Å². The van der Waals surface area contributed by atoms with Crippen LogP contribution in [0.15, 0.2) is 17.0 Å². The number of hydrogen-bond acceptors (Lipinski definition) is 3. The molecule has 0 heterocycles. The number of rotatable bonds is 4. The first kappa shape index (κ1) is 15.5. The maximum absolute atomic E-state index is 13.5. The van der Waals surface area contributed by atoms with Gasteiger partial charge in [-0.2, -0.15) is 0 Å². The molecule has 1 aromatic carbocycles. The van der Waals surface area contributed by atoms with Gasteiger partial charge < -0.3 is 5.32 Å². The average molecular weight is 340 g/mol. The van der Waals surface area contributed by atoms with E-state index in [2.05, 4.69) is 5.32 Å². The van der Waals surface area contributed by atoms with Gasteiger partial charge in [0.2, 0.25) is 0 Å². The Morgan fingerprint density at radius 3 is 2.55 bits per heavy atom. The molecule has 20 heavy (non-hydrogen) atoms. The third kappa shape index (κ3) is 3.42. The van der Waals surface area contributed by atoms with Crippen LogP contribution < -0.4 is 5.32 Å². The molecule has 0 aromatic heterocycles. The number of benzene rings is 1. The summed E-state index contributed by atoms with van der Waals surface area (Å²) in [6.45, 7) is 0.496. The molecule has 0 bridgehead atoms. The van der Waals surface area contributed by atoms with E-state index in [1.165, 1.54) is 0 Å². The highest BCUT2D eigenvalue weighted by atomic mass is 35.7. The second kappa shape index (κ2) is 5.87. The number of amides is 1. The smallest absolute Gasteiger partial charge is 0.264 e. The zero-order valence-electron chi connectivity index (χ0n) is 10.3. The molecule has 1 aliphatic rings. The fraction of sp³-hybridized carbons (Fsp3) is 0.417. The Bertz CT molecular complexity index is 644. The average Bonchev–Trinajstić information content (AvgIpc) is 2.24. The minimum Gasteiger partial charge on any atom is -0.352 e. The van der Waals surface area contributed by atoms with E-state index in [-0.39, 0.29) is 10.6 Å². The highest BCUT2D eigenvalue weighted by Gasteiger charge is 2.23. The van der Waals surface area contributed by atoms with E-state index in [0.29, 0.717) is 12.5 Å². The third-order valence-electron chi connectivity index (χ3n) is 3.30. The lowest BCUT2D eigenvalue weighted by molar-refractivity contribution is 0.0939. The van der Waals surface area contributed by atoms with Gasteiger partial charge in [-0.15, -0.1) is 0 Å². The molecule has 110 valence electrons. The van der Waals surface area contributed by atoms with Crippen LogP contribution in [0, 0.1) is 11.7 Å². The van der Waals surface area contributed by atoms with Crippen molar-refractivity contribution in [1.29, 1.82) is 0 Å². The van der Waals surface area contributed by atoms with Crippen LogP contribution in [-0.4, -0.2) is 20.9 Å². The Morgan fingerprint density at radius 2 is 2.05 bits per heavy atom. The molecule has 1 fully saturated rings. The highest BCUT2D eigenvalue weighted by Crippen LogP contribution is 2.27. The van der Waals surface area contributed by atoms with E-state index in [1.807, 2.05) is 0 Å². The van der Waals surface area contributed by atoms with Crippen molar-refractivity contribution >= 4 is 37.2 Å². The van der Waals surface area contributed by atoms with Gasteiger partial charge in [0.25, 0.3) is 15.0 Å². The van der Waals surface area contributed by atoms with E-state index < -0.39 is 25.7 Å². The Hall–Kier alpha value is -0.850. The molecule has 1 amide bonds. The molecule has 1 N–H and O–H groups in total. The quantitative estimate of drug-likeness (QED) is 0.857. The molecule has 1 saturated carbocycles. The van der Waals surface area contributed by atoms with Crippen molar-refractivity contribution in [1.82, 2.24) is 5.32 Å². The van der Waals surface area contributed by atoms with Gasteiger partial charge >= 0.3 is 0 Å². The normalized spacial score (nSPS) is 15.8. The van der Waals surface area contributed by atoms with Gasteiger partial charge in [0.15, 0.2) is 0 Å². The first-order valence-corrected chi connectivity index (χ1v) is 8.69. The van der Waals surface area contributed by atoms with Gasteiger partial charge in [-0.25, -0.2) is 12.8 Å². The lowest BCUT2D eigenvalue weighted by Crippen LogP contribution is -2.32. The molecule has 4 nitrogen and oxygen atoms in total. The minimum absolute atomic E-state index is 0.105. The van der Waals surface area contributed by atoms with Crippen LogP contribution in [-0.2, 0) is 9.05 Å². The molecular formula is C12H12Cl2FNO3S. The highest BCUT2D eigenvalue weighted by molar-refractivity contribution is 8.13. The summed E-state index contributed by atoms with van der Waals surface area (Å²) in [7, 11) is 0.837. The van der Waals surface area contributed by atoms with E-state index in [4.69, 9.17) is 22.3 Å². The van der Waals surface area contributed by atoms with Crippen LogP contribution >= 0.6 is 22.3 Å². The number of halogens is 3. The summed E-state index contributed by atoms with van der Waals surface area (Å²) in [5.74, 6) is -1.18. The number of carbonyl (C=O) groups excluding carboxylic acids is 1. The zero-order valence-corrected chi connectivity index (χ0v) is 12.7. The summed E-state index contributed by atoms with van der Waals surface area (Å²) in [4.78, 5) is 11.2. The van der Waals surface area contributed by atoms with Crippen LogP contribution in [0.4, 0.5) is 4.39 Å². The molecule has 1 aliphatic carbocycles. The molecule has 0 aliphatic heterocycles. The summed E-state index contributed by atoms with van der Waals surface area (Å²) in [6, 6.07) is 1.63. The van der Waals surface area contributed by atoms with Crippen molar-refractivity contribution in [3.8, 4) is 0 Å². The summed E-state index contributed by atoms with van der Waals surface area (Å²) in [5, 5.41) is 2.50. The standard InChI is InChI=1S/C12H12Cl2FNO3S/c13-9-5-10(15)11(20(14,18)19)4-8(9)12(17)16-6-7-2-1-3-7/h4-5,7H,1-3,6H2,(H,16,17). The molecule has 0 radical (unpaired) electrons. The van der Waals surface area contributed by atoms with Gasteiger partial charge in [-0.1, -0.05) is 18.0 Å². The molecular weight excluding hydrogens is 328 g/mol. The molecule has 0 atom stereocenters. The SMILES string of the molecule is O=C(NCC1CCC1)c1cc(S(=O)(=O)Cl)c(F)cc1Cl. The number of hydrogen-bond donors (Lipinski definition) is 1. The maximum Gasteiger partial charge on any atom is 0.264 e. The van der Waals surface area contributed by atoms with Crippen molar-refractivity contribution in [2.24, 2.45) is 5.92 Å². The van der Waals surface area contributed by atoms with Gasteiger partial charge in [0, 0.05) is 17.2 Å². The lowest BCUT2D eigenvalue weighted by Gasteiger charge is -2.25.